The number of fused-ring (bicyclic) bond motifs is 1. The lowest BCUT2D eigenvalue weighted by Crippen LogP contribution is -2.54. The molecule has 4 heterocycles. The first-order valence-corrected chi connectivity index (χ1v) is 16.9. The number of rotatable bonds is 13. The number of imide groups is 2. The quantitative estimate of drug-likeness (QED) is 0.133. The molecule has 0 saturated carbocycles. The molecule has 3 aromatic carbocycles. The van der Waals surface area contributed by atoms with E-state index < -0.39 is 29.7 Å². The number of hydrogen-bond acceptors (Lipinski definition) is 11. The van der Waals surface area contributed by atoms with E-state index in [0.29, 0.717) is 31.2 Å². The largest absolute Gasteiger partial charge is 0.494 e. The van der Waals surface area contributed by atoms with Gasteiger partial charge in [-0.15, -0.1) is 5.10 Å². The van der Waals surface area contributed by atoms with Crippen molar-refractivity contribution in [2.45, 2.75) is 51.2 Å². The average Bonchev–Trinajstić information content (AvgIpc) is 3.78. The van der Waals surface area contributed by atoms with Gasteiger partial charge >= 0.3 is 0 Å². The van der Waals surface area contributed by atoms with Crippen molar-refractivity contribution >= 4 is 29.3 Å². The Labute approximate surface area is 299 Å². The molecule has 2 aliphatic heterocycles. The highest BCUT2D eigenvalue weighted by Gasteiger charge is 2.45. The monoisotopic (exact) mass is 700 g/mol. The van der Waals surface area contributed by atoms with E-state index >= 15 is 0 Å². The van der Waals surface area contributed by atoms with Crippen LogP contribution in [0, 0.1) is 0 Å². The highest BCUT2D eigenvalue weighted by molar-refractivity contribution is 6.25. The van der Waals surface area contributed by atoms with Crippen LogP contribution in [0.4, 0.5) is 5.69 Å². The third-order valence-electron chi connectivity index (χ3n) is 9.24. The molecule has 5 aromatic rings. The van der Waals surface area contributed by atoms with E-state index in [2.05, 4.69) is 69.0 Å². The Bertz CT molecular complexity index is 2120. The Morgan fingerprint density at radius 3 is 2.31 bits per heavy atom. The van der Waals surface area contributed by atoms with Crippen molar-refractivity contribution in [3.8, 4) is 17.4 Å². The summed E-state index contributed by atoms with van der Waals surface area (Å²) in [6.45, 7) is 5.53. The standard InChI is InChI=1S/C38H36N8O6/c1-38(2,25-9-13-28(14-10-25)52-23-26-17-19-40-37(42-26)45-21-20-41-44-45)24-7-11-27(12-8-24)51-22-4-18-39-30-6-3-5-29-33(30)36(50)46(35(29)49)31-15-16-32(47)43-34(31)48/h3,5-14,17,19-21,31,39H,4,15-16,18,22-23H2,1-2H3,(H,43,47,48). The lowest BCUT2D eigenvalue weighted by Gasteiger charge is -2.27. The molecule has 4 amide bonds. The number of aromatic nitrogens is 5. The maximum Gasteiger partial charge on any atom is 0.264 e. The van der Waals surface area contributed by atoms with Gasteiger partial charge in [-0.2, -0.15) is 4.68 Å². The molecule has 52 heavy (non-hydrogen) atoms. The number of ether oxygens (including phenoxy) is 2. The summed E-state index contributed by atoms with van der Waals surface area (Å²) in [6, 6.07) is 21.8. The number of carbonyl (C=O) groups excluding carboxylic acids is 4. The van der Waals surface area contributed by atoms with Gasteiger partial charge in [-0.05, 0) is 66.4 Å². The van der Waals surface area contributed by atoms with E-state index in [9.17, 15) is 19.2 Å². The highest BCUT2D eigenvalue weighted by Crippen LogP contribution is 2.34. The number of anilines is 1. The highest BCUT2D eigenvalue weighted by atomic mass is 16.5. The van der Waals surface area contributed by atoms with E-state index in [1.54, 1.807) is 42.9 Å². The molecule has 2 aliphatic rings. The van der Waals surface area contributed by atoms with Crippen LogP contribution in [0.5, 0.6) is 11.5 Å². The van der Waals surface area contributed by atoms with Gasteiger partial charge in [-0.3, -0.25) is 29.4 Å². The van der Waals surface area contributed by atoms with Gasteiger partial charge in [0.1, 0.15) is 24.1 Å². The van der Waals surface area contributed by atoms with E-state index in [0.717, 1.165) is 33.2 Å². The third kappa shape index (κ3) is 6.95. The fourth-order valence-corrected chi connectivity index (χ4v) is 6.30. The van der Waals surface area contributed by atoms with Gasteiger partial charge in [0.2, 0.25) is 11.8 Å². The van der Waals surface area contributed by atoms with Gasteiger partial charge in [-0.1, -0.05) is 49.4 Å². The van der Waals surface area contributed by atoms with Crippen molar-refractivity contribution < 1.29 is 28.7 Å². The van der Waals surface area contributed by atoms with Gasteiger partial charge in [0.05, 0.1) is 35.8 Å². The molecule has 1 saturated heterocycles. The van der Waals surface area contributed by atoms with Gasteiger partial charge in [-0.25, -0.2) is 9.97 Å². The van der Waals surface area contributed by atoms with Crippen LogP contribution in [0.15, 0.2) is 91.4 Å². The van der Waals surface area contributed by atoms with Crippen LogP contribution in [0.25, 0.3) is 5.95 Å². The molecule has 14 nitrogen and oxygen atoms in total. The van der Waals surface area contributed by atoms with Crippen molar-refractivity contribution in [1.29, 1.82) is 0 Å². The first-order chi connectivity index (χ1) is 25.2. The van der Waals surface area contributed by atoms with Crippen LogP contribution in [0.3, 0.4) is 0 Å². The summed E-state index contributed by atoms with van der Waals surface area (Å²) < 4.78 is 13.5. The van der Waals surface area contributed by atoms with Gasteiger partial charge in [0.15, 0.2) is 0 Å². The molecule has 2 aromatic heterocycles. The molecule has 14 heteroatoms. The summed E-state index contributed by atoms with van der Waals surface area (Å²) in [6.07, 6.45) is 5.72. The smallest absolute Gasteiger partial charge is 0.264 e. The van der Waals surface area contributed by atoms with Crippen LogP contribution in [-0.2, 0) is 21.6 Å². The molecular formula is C38H36N8O6. The van der Waals surface area contributed by atoms with E-state index in [4.69, 9.17) is 9.47 Å². The number of piperidine rings is 1. The molecule has 264 valence electrons. The number of amides is 4. The summed E-state index contributed by atoms with van der Waals surface area (Å²) in [5.41, 5.74) is 3.68. The summed E-state index contributed by atoms with van der Waals surface area (Å²) in [7, 11) is 0. The zero-order valence-electron chi connectivity index (χ0n) is 28.6. The normalized spacial score (nSPS) is 15.7. The zero-order valence-corrected chi connectivity index (χ0v) is 28.6. The van der Waals surface area contributed by atoms with E-state index in [1.807, 2.05) is 24.3 Å². The average molecular weight is 701 g/mol. The summed E-state index contributed by atoms with van der Waals surface area (Å²) >= 11 is 0. The predicted molar refractivity (Wildman–Crippen MR) is 188 cm³/mol. The molecule has 0 aliphatic carbocycles. The number of hydrogen-bond donors (Lipinski definition) is 2. The second-order valence-electron chi connectivity index (χ2n) is 13.0. The van der Waals surface area contributed by atoms with E-state index in [1.165, 1.54) is 4.68 Å². The predicted octanol–water partition coefficient (Wildman–Crippen LogP) is 4.24. The Kier molecular flexibility index (Phi) is 9.44. The fourth-order valence-electron chi connectivity index (χ4n) is 6.30. The maximum atomic E-state index is 13.3. The van der Waals surface area contributed by atoms with Crippen LogP contribution >= 0.6 is 0 Å². The van der Waals surface area contributed by atoms with Gasteiger partial charge in [0.25, 0.3) is 17.8 Å². The Balaban J connectivity index is 0.890. The number of carbonyl (C=O) groups is 4. The fraction of sp³-hybridized carbons (Fsp3) is 0.263. The van der Waals surface area contributed by atoms with Crippen LogP contribution in [-0.4, -0.2) is 72.7 Å². The SMILES string of the molecule is CC(C)(c1ccc(OCCCNc2cccc3c2C(=O)N(C2CCC(=O)NC2=O)C3=O)cc1)c1ccc(OCc2ccnc(-n3ccnn3)n2)cc1. The third-order valence-corrected chi connectivity index (χ3v) is 9.24. The van der Waals surface area contributed by atoms with E-state index in [-0.39, 0.29) is 36.0 Å². The minimum Gasteiger partial charge on any atom is -0.494 e. The molecule has 1 unspecified atom stereocenters. The molecule has 2 N–H and O–H groups in total. The number of benzene rings is 3. The van der Waals surface area contributed by atoms with Crippen molar-refractivity contribution in [3.63, 3.8) is 0 Å². The maximum absolute atomic E-state index is 13.3. The molecule has 1 fully saturated rings. The van der Waals surface area contributed by atoms with Crippen LogP contribution in [0.2, 0.25) is 0 Å². The Morgan fingerprint density at radius 2 is 1.62 bits per heavy atom. The molecule has 0 bridgehead atoms. The second kappa shape index (κ2) is 14.4. The number of nitrogens with one attached hydrogen (secondary N) is 2. The van der Waals surface area contributed by atoms with Crippen molar-refractivity contribution in [2.24, 2.45) is 0 Å². The minimum absolute atomic E-state index is 0.0702. The molecule has 0 radical (unpaired) electrons. The second-order valence-corrected chi connectivity index (χ2v) is 13.0. The topological polar surface area (TPSA) is 171 Å². The molecular weight excluding hydrogens is 664 g/mol. The van der Waals surface area contributed by atoms with Crippen molar-refractivity contribution in [3.05, 3.63) is 119 Å². The molecule has 1 atom stereocenters. The summed E-state index contributed by atoms with van der Waals surface area (Å²) in [5, 5.41) is 13.2. The zero-order chi connectivity index (χ0) is 36.2. The lowest BCUT2D eigenvalue weighted by atomic mass is 9.78. The molecule has 0 spiro atoms. The molecule has 7 rings (SSSR count). The Morgan fingerprint density at radius 1 is 0.885 bits per heavy atom. The number of nitrogens with zero attached hydrogens (tertiary/aromatic N) is 6. The lowest BCUT2D eigenvalue weighted by molar-refractivity contribution is -0.136. The van der Waals surface area contributed by atoms with Crippen molar-refractivity contribution in [2.75, 3.05) is 18.5 Å². The minimum atomic E-state index is -1.01. The Hall–Kier alpha value is -6.44. The van der Waals surface area contributed by atoms with Gasteiger partial charge in [0, 0.05) is 30.3 Å². The van der Waals surface area contributed by atoms with Crippen molar-refractivity contribution in [1.82, 2.24) is 35.2 Å². The van der Waals surface area contributed by atoms with Gasteiger partial charge < -0.3 is 14.8 Å². The first kappa shape index (κ1) is 34.0. The summed E-state index contributed by atoms with van der Waals surface area (Å²) in [4.78, 5) is 60.0. The summed E-state index contributed by atoms with van der Waals surface area (Å²) in [5.74, 6) is -0.231. The van der Waals surface area contributed by atoms with Crippen LogP contribution in [0.1, 0.15) is 70.6 Å². The van der Waals surface area contributed by atoms with Crippen LogP contribution < -0.4 is 20.1 Å². The first-order valence-electron chi connectivity index (χ1n) is 16.9.